The van der Waals surface area contributed by atoms with Crippen LogP contribution in [0.4, 0.5) is 5.69 Å². The first-order chi connectivity index (χ1) is 19.2. The molecule has 0 saturated carbocycles. The van der Waals surface area contributed by atoms with Crippen LogP contribution in [0, 0.1) is 0 Å². The Kier molecular flexibility index (Phi) is 8.06. The van der Waals surface area contributed by atoms with Crippen LogP contribution < -0.4 is 14.4 Å². The Bertz CT molecular complexity index is 1390. The molecule has 2 aliphatic heterocycles. The van der Waals surface area contributed by atoms with Crippen LogP contribution in [0.3, 0.4) is 0 Å². The predicted molar refractivity (Wildman–Crippen MR) is 155 cm³/mol. The summed E-state index contributed by atoms with van der Waals surface area (Å²) >= 11 is 6.23. The minimum absolute atomic E-state index is 0.0293. The summed E-state index contributed by atoms with van der Waals surface area (Å²) in [7, 11) is 1.60. The predicted octanol–water partition coefficient (Wildman–Crippen LogP) is 6.42. The van der Waals surface area contributed by atoms with Crippen LogP contribution in [-0.4, -0.2) is 47.7 Å². The van der Waals surface area contributed by atoms with Crippen molar-refractivity contribution in [1.82, 2.24) is 4.90 Å². The number of nitrogens with zero attached hydrogens (tertiary/aromatic N) is 2. The van der Waals surface area contributed by atoms with Gasteiger partial charge in [-0.05, 0) is 98.8 Å². The second-order valence-corrected chi connectivity index (χ2v) is 11.2. The molecule has 1 amide bonds. The molecule has 1 saturated heterocycles. The molecule has 0 aliphatic carbocycles. The Morgan fingerprint density at radius 2 is 1.73 bits per heavy atom. The first-order valence-electron chi connectivity index (χ1n) is 13.7. The Labute approximate surface area is 240 Å². The van der Waals surface area contributed by atoms with Gasteiger partial charge in [-0.25, -0.2) is 0 Å². The molecule has 1 N–H and O–H groups in total. The Balaban J connectivity index is 1.55. The molecule has 3 aromatic carbocycles. The number of carbonyl (C=O) groups excluding carboxylic acids is 1. The molecule has 2 heterocycles. The number of methoxy groups -OCH3 is 1. The minimum atomic E-state index is -0.776. The lowest BCUT2D eigenvalue weighted by atomic mass is 9.86. The van der Waals surface area contributed by atoms with Gasteiger partial charge < -0.3 is 19.5 Å². The summed E-state index contributed by atoms with van der Waals surface area (Å²) in [6.07, 6.45) is 1.71. The Morgan fingerprint density at radius 1 is 1.02 bits per heavy atom. The van der Waals surface area contributed by atoms with Gasteiger partial charge in [0, 0.05) is 16.8 Å². The summed E-state index contributed by atoms with van der Waals surface area (Å²) in [6.45, 7) is 6.73. The summed E-state index contributed by atoms with van der Waals surface area (Å²) in [6, 6.07) is 18.5. The van der Waals surface area contributed by atoms with Crippen molar-refractivity contribution in [1.29, 1.82) is 0 Å². The van der Waals surface area contributed by atoms with E-state index in [1.54, 1.807) is 7.11 Å². The molecule has 0 radical (unpaired) electrons. The summed E-state index contributed by atoms with van der Waals surface area (Å²) in [5, 5.41) is 10.3. The topological polar surface area (TPSA) is 79.3 Å². The van der Waals surface area contributed by atoms with Gasteiger partial charge in [0.25, 0.3) is 0 Å². The van der Waals surface area contributed by atoms with Crippen molar-refractivity contribution >= 4 is 29.2 Å². The average Bonchev–Trinajstić information content (AvgIpc) is 3.43. The van der Waals surface area contributed by atoms with E-state index in [9.17, 15) is 14.7 Å². The number of hydrogen-bond donors (Lipinski definition) is 1. The number of halogens is 1. The third-order valence-electron chi connectivity index (χ3n) is 7.87. The fourth-order valence-electron chi connectivity index (χ4n) is 5.95. The van der Waals surface area contributed by atoms with E-state index >= 15 is 0 Å². The van der Waals surface area contributed by atoms with Crippen molar-refractivity contribution in [3.05, 3.63) is 87.9 Å². The number of anilines is 1. The number of benzene rings is 3. The number of ether oxygens (including phenoxy) is 2. The van der Waals surface area contributed by atoms with Gasteiger partial charge in [0.15, 0.2) is 11.5 Å². The van der Waals surface area contributed by atoms with Crippen molar-refractivity contribution in [3.63, 3.8) is 0 Å². The third-order valence-corrected chi connectivity index (χ3v) is 8.12. The molecule has 7 nitrogen and oxygen atoms in total. The van der Waals surface area contributed by atoms with E-state index < -0.39 is 18.1 Å². The lowest BCUT2D eigenvalue weighted by Gasteiger charge is -2.38. The average molecular weight is 563 g/mol. The van der Waals surface area contributed by atoms with Gasteiger partial charge in [0.1, 0.15) is 6.04 Å². The second-order valence-electron chi connectivity index (χ2n) is 10.8. The van der Waals surface area contributed by atoms with E-state index in [1.807, 2.05) is 91.2 Å². The lowest BCUT2D eigenvalue weighted by molar-refractivity contribution is -0.142. The van der Waals surface area contributed by atoms with Gasteiger partial charge in [0.05, 0.1) is 25.7 Å². The number of rotatable bonds is 8. The van der Waals surface area contributed by atoms with Crippen LogP contribution in [0.1, 0.15) is 68.0 Å². The van der Waals surface area contributed by atoms with Crippen LogP contribution in [0.5, 0.6) is 11.5 Å². The molecule has 0 spiro atoms. The number of aliphatic carboxylic acids is 1. The molecule has 0 aromatic heterocycles. The van der Waals surface area contributed by atoms with Crippen LogP contribution in [0.2, 0.25) is 5.02 Å². The smallest absolute Gasteiger partial charge is 0.320 e. The van der Waals surface area contributed by atoms with Gasteiger partial charge >= 0.3 is 5.97 Å². The largest absolute Gasteiger partial charge is 0.493 e. The molecule has 1 fully saturated rings. The molecular weight excluding hydrogens is 528 g/mol. The standard InChI is InChI=1S/C32H35ClN2O5/c1-19(2)40-29-18-26-23(16-28(29)39-4)17-30(36)35(31(26)22-7-11-24(33)12-8-22)25-13-9-21(10-14-25)20(3)34-15-5-6-27(34)32(37)38/h7-14,16,18-20,27,31H,5-6,15,17H2,1-4H3,(H,37,38)/t20-,27+,31-/m0/s1. The first-order valence-corrected chi connectivity index (χ1v) is 14.1. The van der Waals surface area contributed by atoms with Crippen molar-refractivity contribution < 1.29 is 24.2 Å². The zero-order valence-electron chi connectivity index (χ0n) is 23.3. The minimum Gasteiger partial charge on any atom is -0.493 e. The summed E-state index contributed by atoms with van der Waals surface area (Å²) in [4.78, 5) is 29.4. The molecule has 210 valence electrons. The monoisotopic (exact) mass is 562 g/mol. The Hall–Kier alpha value is -3.55. The highest BCUT2D eigenvalue weighted by molar-refractivity contribution is 6.30. The number of carboxylic acid groups (broad SMARTS) is 1. The number of carbonyl (C=O) groups is 2. The molecule has 40 heavy (non-hydrogen) atoms. The van der Waals surface area contributed by atoms with E-state index in [0.717, 1.165) is 40.9 Å². The van der Waals surface area contributed by atoms with E-state index in [-0.39, 0.29) is 24.5 Å². The molecule has 0 bridgehead atoms. The third kappa shape index (κ3) is 5.40. The van der Waals surface area contributed by atoms with Crippen molar-refractivity contribution in [2.24, 2.45) is 0 Å². The number of carboxylic acids is 1. The van der Waals surface area contributed by atoms with Gasteiger partial charge in [-0.1, -0.05) is 35.9 Å². The summed E-state index contributed by atoms with van der Waals surface area (Å²) in [5.74, 6) is 0.427. The van der Waals surface area contributed by atoms with Crippen LogP contribution in [0.15, 0.2) is 60.7 Å². The zero-order valence-corrected chi connectivity index (χ0v) is 24.0. The number of fused-ring (bicyclic) bond motifs is 1. The second kappa shape index (κ2) is 11.5. The molecule has 3 aromatic rings. The van der Waals surface area contributed by atoms with Gasteiger partial charge in [-0.15, -0.1) is 0 Å². The number of hydrogen-bond acceptors (Lipinski definition) is 5. The van der Waals surface area contributed by atoms with Crippen molar-refractivity contribution in [2.45, 2.75) is 64.3 Å². The van der Waals surface area contributed by atoms with E-state index in [4.69, 9.17) is 21.1 Å². The fourth-order valence-corrected chi connectivity index (χ4v) is 6.08. The normalized spacial score (nSPS) is 19.9. The molecular formula is C32H35ClN2O5. The quantitative estimate of drug-likeness (QED) is 0.341. The molecule has 2 aliphatic rings. The van der Waals surface area contributed by atoms with Crippen LogP contribution >= 0.6 is 11.6 Å². The fraction of sp³-hybridized carbons (Fsp3) is 0.375. The lowest BCUT2D eigenvalue weighted by Crippen LogP contribution is -2.41. The molecule has 0 unspecified atom stereocenters. The number of likely N-dealkylation sites (tertiary alicyclic amines) is 1. The summed E-state index contributed by atoms with van der Waals surface area (Å²) < 4.78 is 11.7. The van der Waals surface area contributed by atoms with Crippen molar-refractivity contribution in [2.75, 3.05) is 18.6 Å². The molecule has 5 rings (SSSR count). The van der Waals surface area contributed by atoms with Gasteiger partial charge in [0.2, 0.25) is 5.91 Å². The van der Waals surface area contributed by atoms with E-state index in [1.165, 1.54) is 0 Å². The van der Waals surface area contributed by atoms with Gasteiger partial charge in [-0.2, -0.15) is 0 Å². The molecule has 8 heteroatoms. The van der Waals surface area contributed by atoms with Gasteiger partial charge in [-0.3, -0.25) is 14.5 Å². The summed E-state index contributed by atoms with van der Waals surface area (Å²) in [5.41, 5.74) is 4.58. The highest BCUT2D eigenvalue weighted by Crippen LogP contribution is 2.44. The zero-order chi connectivity index (χ0) is 28.6. The Morgan fingerprint density at radius 3 is 2.35 bits per heavy atom. The maximum absolute atomic E-state index is 13.8. The maximum Gasteiger partial charge on any atom is 0.320 e. The van der Waals surface area contributed by atoms with E-state index in [0.29, 0.717) is 22.9 Å². The first kappa shape index (κ1) is 28.0. The highest BCUT2D eigenvalue weighted by atomic mass is 35.5. The number of amides is 1. The SMILES string of the molecule is COc1cc2c(cc1OC(C)C)[C@H](c1ccc(Cl)cc1)N(c1ccc([C@H](C)N3CCC[C@@H]3C(=O)O)cc1)C(=O)C2. The maximum atomic E-state index is 13.8. The highest BCUT2D eigenvalue weighted by Gasteiger charge is 2.37. The molecule has 3 atom stereocenters. The van der Waals surface area contributed by atoms with E-state index in [2.05, 4.69) is 0 Å². The van der Waals surface area contributed by atoms with Crippen LogP contribution in [0.25, 0.3) is 0 Å². The van der Waals surface area contributed by atoms with Crippen LogP contribution in [-0.2, 0) is 16.0 Å². The van der Waals surface area contributed by atoms with Crippen molar-refractivity contribution in [3.8, 4) is 11.5 Å².